The normalized spacial score (nSPS) is 11.6. The van der Waals surface area contributed by atoms with Crippen LogP contribution in [0.3, 0.4) is 0 Å². The third-order valence-electron chi connectivity index (χ3n) is 3.90. The molecule has 0 saturated heterocycles. The maximum absolute atomic E-state index is 12.6. The van der Waals surface area contributed by atoms with Crippen molar-refractivity contribution in [3.05, 3.63) is 95.9 Å². The Morgan fingerprint density at radius 1 is 0.889 bits per heavy atom. The molecule has 3 aromatic rings. The zero-order valence-electron chi connectivity index (χ0n) is 14.6. The molecule has 0 saturated carbocycles. The first kappa shape index (κ1) is 18.4. The molecule has 1 atom stereocenters. The van der Waals surface area contributed by atoms with E-state index in [0.29, 0.717) is 6.42 Å². The van der Waals surface area contributed by atoms with Crippen LogP contribution < -0.4 is 10.8 Å². The lowest BCUT2D eigenvalue weighted by Crippen LogP contribution is -2.47. The van der Waals surface area contributed by atoms with E-state index >= 15 is 0 Å². The van der Waals surface area contributed by atoms with Crippen LogP contribution in [0.4, 0.5) is 0 Å². The van der Waals surface area contributed by atoms with Crippen LogP contribution in [0.15, 0.2) is 83.5 Å². The first-order chi connectivity index (χ1) is 13.2. The monoisotopic (exact) mass is 364 g/mol. The van der Waals surface area contributed by atoms with E-state index in [0.717, 1.165) is 11.1 Å². The summed E-state index contributed by atoms with van der Waals surface area (Å²) in [5, 5.41) is 2.69. The molecule has 6 nitrogen and oxygen atoms in total. The largest absolute Gasteiger partial charge is 0.459 e. The number of carbonyl (C=O) groups excluding carboxylic acids is 2. The summed E-state index contributed by atoms with van der Waals surface area (Å²) in [6.45, 7) is 0.233. The van der Waals surface area contributed by atoms with Crippen LogP contribution in [-0.2, 0) is 22.7 Å². The van der Waals surface area contributed by atoms with E-state index in [-0.39, 0.29) is 12.4 Å². The Bertz CT molecular complexity index is 848. The fraction of sp³-hybridized carbons (Fsp3) is 0.143. The predicted molar refractivity (Wildman–Crippen MR) is 99.5 cm³/mol. The highest BCUT2D eigenvalue weighted by atomic mass is 16.6. The van der Waals surface area contributed by atoms with Crippen molar-refractivity contribution in [3.8, 4) is 0 Å². The topological polar surface area (TPSA) is 80.6 Å². The van der Waals surface area contributed by atoms with Gasteiger partial charge in [-0.25, -0.2) is 5.48 Å². The third kappa shape index (κ3) is 5.55. The Morgan fingerprint density at radius 3 is 2.19 bits per heavy atom. The second kappa shape index (κ2) is 9.35. The van der Waals surface area contributed by atoms with Crippen molar-refractivity contribution in [3.63, 3.8) is 0 Å². The van der Waals surface area contributed by atoms with Crippen molar-refractivity contribution in [1.29, 1.82) is 0 Å². The number of furan rings is 1. The van der Waals surface area contributed by atoms with Gasteiger partial charge in [-0.05, 0) is 23.3 Å². The average molecular weight is 364 g/mol. The van der Waals surface area contributed by atoms with E-state index in [4.69, 9.17) is 9.25 Å². The van der Waals surface area contributed by atoms with Crippen molar-refractivity contribution in [2.45, 2.75) is 19.1 Å². The van der Waals surface area contributed by atoms with Crippen LogP contribution in [0.2, 0.25) is 0 Å². The summed E-state index contributed by atoms with van der Waals surface area (Å²) in [5.41, 5.74) is 4.26. The van der Waals surface area contributed by atoms with Crippen LogP contribution in [-0.4, -0.2) is 17.9 Å². The minimum atomic E-state index is -0.805. The molecule has 1 aromatic heterocycles. The van der Waals surface area contributed by atoms with Crippen LogP contribution in [0, 0.1) is 0 Å². The summed E-state index contributed by atoms with van der Waals surface area (Å²) in [6, 6.07) is 21.3. The lowest BCUT2D eigenvalue weighted by Gasteiger charge is -2.18. The van der Waals surface area contributed by atoms with Gasteiger partial charge in [0.25, 0.3) is 11.8 Å². The van der Waals surface area contributed by atoms with Gasteiger partial charge in [-0.3, -0.25) is 14.4 Å². The van der Waals surface area contributed by atoms with Crippen LogP contribution in [0.1, 0.15) is 21.7 Å². The second-order valence-electron chi connectivity index (χ2n) is 5.93. The van der Waals surface area contributed by atoms with E-state index in [1.54, 1.807) is 12.1 Å². The smallest absolute Gasteiger partial charge is 0.287 e. The molecule has 3 rings (SSSR count). The van der Waals surface area contributed by atoms with Crippen molar-refractivity contribution in [2.75, 3.05) is 0 Å². The molecule has 0 spiro atoms. The molecular formula is C21H20N2O4. The summed E-state index contributed by atoms with van der Waals surface area (Å²) in [5.74, 6) is -0.750. The summed E-state index contributed by atoms with van der Waals surface area (Å²) < 4.78 is 5.09. The number of rotatable bonds is 8. The zero-order chi connectivity index (χ0) is 18.9. The fourth-order valence-electron chi connectivity index (χ4n) is 2.53. The Labute approximate surface area is 157 Å². The van der Waals surface area contributed by atoms with Crippen molar-refractivity contribution < 1.29 is 18.8 Å². The van der Waals surface area contributed by atoms with Crippen molar-refractivity contribution in [1.82, 2.24) is 10.8 Å². The number of carbonyl (C=O) groups is 2. The van der Waals surface area contributed by atoms with Gasteiger partial charge >= 0.3 is 0 Å². The molecule has 2 aromatic carbocycles. The van der Waals surface area contributed by atoms with Crippen molar-refractivity contribution >= 4 is 11.8 Å². The van der Waals surface area contributed by atoms with Gasteiger partial charge in [-0.2, -0.15) is 0 Å². The highest BCUT2D eigenvalue weighted by molar-refractivity contribution is 5.95. The minimum Gasteiger partial charge on any atom is -0.459 e. The number of hydroxylamine groups is 1. The maximum atomic E-state index is 12.6. The van der Waals surface area contributed by atoms with Gasteiger partial charge < -0.3 is 9.73 Å². The quantitative estimate of drug-likeness (QED) is 0.602. The number of nitrogens with one attached hydrogen (secondary N) is 2. The molecule has 0 fully saturated rings. The molecule has 0 bridgehead atoms. The highest BCUT2D eigenvalue weighted by Crippen LogP contribution is 2.07. The Hall–Kier alpha value is -3.38. The molecule has 0 aliphatic rings. The lowest BCUT2D eigenvalue weighted by atomic mass is 10.1. The highest BCUT2D eigenvalue weighted by Gasteiger charge is 2.23. The van der Waals surface area contributed by atoms with Gasteiger partial charge in [0, 0.05) is 6.42 Å². The van der Waals surface area contributed by atoms with Crippen molar-refractivity contribution in [2.24, 2.45) is 0 Å². The molecule has 1 heterocycles. The Kier molecular flexibility index (Phi) is 6.38. The summed E-state index contributed by atoms with van der Waals surface area (Å²) in [7, 11) is 0. The van der Waals surface area contributed by atoms with E-state index in [1.165, 1.54) is 6.26 Å². The van der Waals surface area contributed by atoms with Crippen LogP contribution in [0.5, 0.6) is 0 Å². The Balaban J connectivity index is 1.62. The molecule has 0 aliphatic heterocycles. The minimum absolute atomic E-state index is 0.145. The molecule has 138 valence electrons. The van der Waals surface area contributed by atoms with Gasteiger partial charge in [0.2, 0.25) is 0 Å². The predicted octanol–water partition coefficient (Wildman–Crippen LogP) is 2.87. The van der Waals surface area contributed by atoms with Crippen LogP contribution in [0.25, 0.3) is 0 Å². The average Bonchev–Trinajstić information content (AvgIpc) is 3.24. The van der Waals surface area contributed by atoms with Gasteiger partial charge in [0.15, 0.2) is 5.76 Å². The van der Waals surface area contributed by atoms with Gasteiger partial charge in [0.1, 0.15) is 6.04 Å². The SMILES string of the molecule is O=C(NC(Cc1ccccc1)C(=O)NOCc1ccccc1)c1ccco1. The summed E-state index contributed by atoms with van der Waals surface area (Å²) in [4.78, 5) is 30.1. The second-order valence-corrected chi connectivity index (χ2v) is 5.93. The molecule has 0 radical (unpaired) electrons. The Morgan fingerprint density at radius 2 is 1.56 bits per heavy atom. The van der Waals surface area contributed by atoms with E-state index in [1.807, 2.05) is 60.7 Å². The molecule has 2 N–H and O–H groups in total. The number of amides is 2. The van der Waals surface area contributed by atoms with Gasteiger partial charge in [0.05, 0.1) is 12.9 Å². The van der Waals surface area contributed by atoms with Gasteiger partial charge in [-0.1, -0.05) is 60.7 Å². The lowest BCUT2D eigenvalue weighted by molar-refractivity contribution is -0.136. The molecular weight excluding hydrogens is 344 g/mol. The third-order valence-corrected chi connectivity index (χ3v) is 3.90. The van der Waals surface area contributed by atoms with E-state index < -0.39 is 17.9 Å². The molecule has 27 heavy (non-hydrogen) atoms. The number of benzene rings is 2. The standard InChI is InChI=1S/C21H20N2O4/c24-20(23-27-15-17-10-5-2-6-11-17)18(14-16-8-3-1-4-9-16)22-21(25)19-12-7-13-26-19/h1-13,18H,14-15H2,(H,22,25)(H,23,24). The maximum Gasteiger partial charge on any atom is 0.287 e. The van der Waals surface area contributed by atoms with E-state index in [9.17, 15) is 9.59 Å². The fourth-order valence-corrected chi connectivity index (χ4v) is 2.53. The first-order valence-corrected chi connectivity index (χ1v) is 8.56. The molecule has 6 heteroatoms. The van der Waals surface area contributed by atoms with Gasteiger partial charge in [-0.15, -0.1) is 0 Å². The molecule has 0 aliphatic carbocycles. The zero-order valence-corrected chi connectivity index (χ0v) is 14.6. The number of hydrogen-bond acceptors (Lipinski definition) is 4. The first-order valence-electron chi connectivity index (χ1n) is 8.56. The molecule has 1 unspecified atom stereocenters. The molecule has 2 amide bonds. The summed E-state index contributed by atoms with van der Waals surface area (Å²) >= 11 is 0. The van der Waals surface area contributed by atoms with E-state index in [2.05, 4.69) is 10.8 Å². The summed E-state index contributed by atoms with van der Waals surface area (Å²) in [6.07, 6.45) is 1.73. The van der Waals surface area contributed by atoms with Crippen LogP contribution >= 0.6 is 0 Å². The number of hydrogen-bond donors (Lipinski definition) is 2.